The van der Waals surface area contributed by atoms with Crippen LogP contribution in [-0.2, 0) is 4.79 Å². The van der Waals surface area contributed by atoms with Crippen molar-refractivity contribution in [2.45, 2.75) is 13.0 Å². The molecule has 98 valence electrons. The number of aliphatic carboxylic acids is 1. The van der Waals surface area contributed by atoms with Crippen LogP contribution in [0.15, 0.2) is 12.1 Å². The average Bonchev–Trinajstić information content (AvgIpc) is 2.31. The summed E-state index contributed by atoms with van der Waals surface area (Å²) in [5.74, 6) is -1.51. The van der Waals surface area contributed by atoms with Crippen LogP contribution in [0.1, 0.15) is 17.3 Å². The molecule has 0 bridgehead atoms. The van der Waals surface area contributed by atoms with Crippen LogP contribution < -0.4 is 10.1 Å². The summed E-state index contributed by atoms with van der Waals surface area (Å²) in [6.45, 7) is 1.35. The van der Waals surface area contributed by atoms with Crippen LogP contribution in [0.3, 0.4) is 0 Å². The average molecular weight is 292 g/mol. The molecule has 0 unspecified atom stereocenters. The van der Waals surface area contributed by atoms with Crippen molar-refractivity contribution >= 4 is 35.1 Å². The molecular weight excluding hydrogens is 281 g/mol. The van der Waals surface area contributed by atoms with E-state index >= 15 is 0 Å². The van der Waals surface area contributed by atoms with Crippen LogP contribution >= 0.6 is 23.2 Å². The van der Waals surface area contributed by atoms with Crippen molar-refractivity contribution in [1.29, 1.82) is 0 Å². The summed E-state index contributed by atoms with van der Waals surface area (Å²) < 4.78 is 4.99. The molecule has 2 N–H and O–H groups in total. The zero-order valence-corrected chi connectivity index (χ0v) is 11.2. The SMILES string of the molecule is COc1cc(Cl)c(Cl)cc1C(=O)N[C@H](C)C(=O)O. The Hall–Kier alpha value is -1.46. The monoisotopic (exact) mass is 291 g/mol. The number of carboxylic acid groups (broad SMARTS) is 1. The van der Waals surface area contributed by atoms with E-state index in [2.05, 4.69) is 5.32 Å². The molecule has 0 aliphatic carbocycles. The van der Waals surface area contributed by atoms with E-state index in [1.807, 2.05) is 0 Å². The van der Waals surface area contributed by atoms with E-state index in [4.69, 9.17) is 33.0 Å². The number of ether oxygens (including phenoxy) is 1. The lowest BCUT2D eigenvalue weighted by Gasteiger charge is -2.12. The minimum atomic E-state index is -1.14. The van der Waals surface area contributed by atoms with Crippen LogP contribution in [-0.4, -0.2) is 30.1 Å². The van der Waals surface area contributed by atoms with Crippen molar-refractivity contribution in [3.05, 3.63) is 27.7 Å². The molecule has 0 aromatic heterocycles. The highest BCUT2D eigenvalue weighted by atomic mass is 35.5. The molecule has 1 aromatic carbocycles. The number of carbonyl (C=O) groups excluding carboxylic acids is 1. The molecular formula is C11H11Cl2NO4. The molecule has 0 aliphatic rings. The van der Waals surface area contributed by atoms with Gasteiger partial charge in [0, 0.05) is 6.07 Å². The Kier molecular flexibility index (Phi) is 4.81. The van der Waals surface area contributed by atoms with Crippen molar-refractivity contribution in [3.63, 3.8) is 0 Å². The number of halogens is 2. The normalized spacial score (nSPS) is 11.8. The molecule has 0 heterocycles. The summed E-state index contributed by atoms with van der Waals surface area (Å²) in [6.07, 6.45) is 0. The third-order valence-electron chi connectivity index (χ3n) is 2.21. The van der Waals surface area contributed by atoms with Gasteiger partial charge >= 0.3 is 5.97 Å². The van der Waals surface area contributed by atoms with E-state index in [1.165, 1.54) is 26.2 Å². The zero-order chi connectivity index (χ0) is 13.9. The van der Waals surface area contributed by atoms with E-state index in [1.54, 1.807) is 0 Å². The summed E-state index contributed by atoms with van der Waals surface area (Å²) >= 11 is 11.6. The summed E-state index contributed by atoms with van der Waals surface area (Å²) in [6, 6.07) is 1.70. The van der Waals surface area contributed by atoms with Crippen molar-refractivity contribution in [2.75, 3.05) is 7.11 Å². The lowest BCUT2D eigenvalue weighted by Crippen LogP contribution is -2.38. The van der Waals surface area contributed by atoms with Crippen LogP contribution in [0.25, 0.3) is 0 Å². The summed E-state index contributed by atoms with van der Waals surface area (Å²) in [4.78, 5) is 22.5. The molecule has 0 spiro atoms. The number of amides is 1. The quantitative estimate of drug-likeness (QED) is 0.892. The van der Waals surface area contributed by atoms with Gasteiger partial charge in [-0.2, -0.15) is 0 Å². The van der Waals surface area contributed by atoms with Crippen LogP contribution in [0.4, 0.5) is 0 Å². The second kappa shape index (κ2) is 5.93. The number of hydrogen-bond acceptors (Lipinski definition) is 3. The lowest BCUT2D eigenvalue weighted by molar-refractivity contribution is -0.138. The molecule has 1 aromatic rings. The second-order valence-corrected chi connectivity index (χ2v) is 4.31. The van der Waals surface area contributed by atoms with Crippen molar-refractivity contribution < 1.29 is 19.4 Å². The third-order valence-corrected chi connectivity index (χ3v) is 2.93. The second-order valence-electron chi connectivity index (χ2n) is 3.50. The first-order chi connectivity index (χ1) is 8.36. The first-order valence-electron chi connectivity index (χ1n) is 4.93. The van der Waals surface area contributed by atoms with E-state index < -0.39 is 17.9 Å². The van der Waals surface area contributed by atoms with Gasteiger partial charge in [-0.15, -0.1) is 0 Å². The lowest BCUT2D eigenvalue weighted by atomic mass is 10.1. The van der Waals surface area contributed by atoms with Gasteiger partial charge in [0.2, 0.25) is 0 Å². The fraction of sp³-hybridized carbons (Fsp3) is 0.273. The summed E-state index contributed by atoms with van der Waals surface area (Å²) in [5.41, 5.74) is 0.125. The molecule has 18 heavy (non-hydrogen) atoms. The van der Waals surface area contributed by atoms with Crippen LogP contribution in [0.2, 0.25) is 10.0 Å². The van der Waals surface area contributed by atoms with Gasteiger partial charge in [0.05, 0.1) is 22.7 Å². The first kappa shape index (κ1) is 14.6. The maximum absolute atomic E-state index is 11.8. The van der Waals surface area contributed by atoms with E-state index in [-0.39, 0.29) is 21.4 Å². The van der Waals surface area contributed by atoms with Crippen molar-refractivity contribution in [2.24, 2.45) is 0 Å². The predicted molar refractivity (Wildman–Crippen MR) is 67.6 cm³/mol. The number of nitrogens with one attached hydrogen (secondary N) is 1. The van der Waals surface area contributed by atoms with Crippen molar-refractivity contribution in [3.8, 4) is 5.75 Å². The van der Waals surface area contributed by atoms with E-state index in [0.29, 0.717) is 0 Å². The summed E-state index contributed by atoms with van der Waals surface area (Å²) in [5, 5.41) is 11.4. The zero-order valence-electron chi connectivity index (χ0n) is 9.66. The Labute approximate surface area is 114 Å². The molecule has 5 nitrogen and oxygen atoms in total. The Bertz CT molecular complexity index is 490. The number of rotatable bonds is 4. The first-order valence-corrected chi connectivity index (χ1v) is 5.69. The molecule has 1 atom stereocenters. The fourth-order valence-electron chi connectivity index (χ4n) is 1.21. The van der Waals surface area contributed by atoms with Gasteiger partial charge < -0.3 is 15.2 Å². The highest BCUT2D eigenvalue weighted by molar-refractivity contribution is 6.42. The maximum atomic E-state index is 11.8. The van der Waals surface area contributed by atoms with Gasteiger partial charge in [-0.3, -0.25) is 9.59 Å². The Morgan fingerprint density at radius 2 is 1.89 bits per heavy atom. The van der Waals surface area contributed by atoms with Crippen LogP contribution in [0.5, 0.6) is 5.75 Å². The van der Waals surface area contributed by atoms with E-state index in [9.17, 15) is 9.59 Å². The number of carboxylic acids is 1. The molecule has 0 fully saturated rings. The van der Waals surface area contributed by atoms with Gasteiger partial charge in [0.15, 0.2) is 0 Å². The molecule has 1 rings (SSSR count). The molecule has 0 saturated heterocycles. The Morgan fingerprint density at radius 3 is 2.39 bits per heavy atom. The fourth-order valence-corrected chi connectivity index (χ4v) is 1.53. The number of carbonyl (C=O) groups is 2. The molecule has 0 radical (unpaired) electrons. The van der Waals surface area contributed by atoms with Gasteiger partial charge in [-0.25, -0.2) is 0 Å². The highest BCUT2D eigenvalue weighted by Crippen LogP contribution is 2.30. The molecule has 1 amide bonds. The van der Waals surface area contributed by atoms with Gasteiger partial charge in [-0.1, -0.05) is 23.2 Å². The number of methoxy groups -OCH3 is 1. The largest absolute Gasteiger partial charge is 0.496 e. The smallest absolute Gasteiger partial charge is 0.325 e. The number of hydrogen-bond donors (Lipinski definition) is 2. The molecule has 7 heteroatoms. The van der Waals surface area contributed by atoms with Gasteiger partial charge in [-0.05, 0) is 13.0 Å². The molecule has 0 aliphatic heterocycles. The molecule has 0 saturated carbocycles. The van der Waals surface area contributed by atoms with Gasteiger partial charge in [0.25, 0.3) is 5.91 Å². The Balaban J connectivity index is 3.05. The standard InChI is InChI=1S/C11H11Cl2NO4/c1-5(11(16)17)14-10(15)6-3-7(12)8(13)4-9(6)18-2/h3-5H,1-2H3,(H,14,15)(H,16,17)/t5-/m1/s1. The van der Waals surface area contributed by atoms with Gasteiger partial charge in [0.1, 0.15) is 11.8 Å². The highest BCUT2D eigenvalue weighted by Gasteiger charge is 2.19. The third kappa shape index (κ3) is 3.27. The topological polar surface area (TPSA) is 75.6 Å². The number of benzene rings is 1. The van der Waals surface area contributed by atoms with Crippen molar-refractivity contribution in [1.82, 2.24) is 5.32 Å². The summed E-state index contributed by atoms with van der Waals surface area (Å²) in [7, 11) is 1.37. The minimum Gasteiger partial charge on any atom is -0.496 e. The Morgan fingerprint density at radius 1 is 1.33 bits per heavy atom. The minimum absolute atomic E-state index is 0.125. The maximum Gasteiger partial charge on any atom is 0.325 e. The van der Waals surface area contributed by atoms with Crippen LogP contribution in [0, 0.1) is 0 Å². The predicted octanol–water partition coefficient (Wildman–Crippen LogP) is 2.20. The van der Waals surface area contributed by atoms with E-state index in [0.717, 1.165) is 0 Å².